The number of aliphatic imine (C=N–C) groups is 1. The average Bonchev–Trinajstić information content (AvgIpc) is 2.72. The van der Waals surface area contributed by atoms with Crippen molar-refractivity contribution >= 4 is 29.1 Å². The predicted octanol–water partition coefficient (Wildman–Crippen LogP) is 4.59. The fourth-order valence-electron chi connectivity index (χ4n) is 3.37. The molecule has 0 spiro atoms. The van der Waals surface area contributed by atoms with E-state index in [0.717, 1.165) is 5.56 Å². The van der Waals surface area contributed by atoms with Crippen molar-refractivity contribution in [1.82, 2.24) is 0 Å². The average molecular weight is 369 g/mol. The number of ketones is 1. The summed E-state index contributed by atoms with van der Waals surface area (Å²) in [4.78, 5) is 29.8. The van der Waals surface area contributed by atoms with Crippen molar-refractivity contribution < 1.29 is 14.0 Å². The molecule has 28 heavy (non-hydrogen) atoms. The minimum atomic E-state index is -0.576. The number of nitrogens with zero attached hydrogens (tertiary/aromatic N) is 1. The van der Waals surface area contributed by atoms with Gasteiger partial charge in [0.15, 0.2) is 5.78 Å². The third-order valence-electron chi connectivity index (χ3n) is 4.68. The Morgan fingerprint density at radius 3 is 2.54 bits per heavy atom. The summed E-state index contributed by atoms with van der Waals surface area (Å²) in [5, 5.41) is 0. The minimum Gasteiger partial charge on any atom is -0.289 e. The summed E-state index contributed by atoms with van der Waals surface area (Å²) < 4.78 is 13.8. The molecule has 136 valence electrons. The maximum absolute atomic E-state index is 13.8. The molecule has 3 nitrogen and oxygen atoms in total. The molecular weight excluding hydrogens is 353 g/mol. The molecule has 1 unspecified atom stereocenters. The molecule has 1 atom stereocenters. The molecule has 0 bridgehead atoms. The first kappa shape index (κ1) is 17.7. The maximum Gasteiger partial charge on any atom is 0.281 e. The van der Waals surface area contributed by atoms with Crippen LogP contribution < -0.4 is 0 Å². The molecule has 0 saturated heterocycles. The summed E-state index contributed by atoms with van der Waals surface area (Å²) in [6, 6.07) is 15.5. The SMILES string of the molecule is O=C(/C=C/c1ccccc1F)C1=C(c2ccccc2)C2C=CC=CC2=NC1=O. The van der Waals surface area contributed by atoms with E-state index in [4.69, 9.17) is 0 Å². The van der Waals surface area contributed by atoms with Crippen LogP contribution in [-0.2, 0) is 9.59 Å². The summed E-state index contributed by atoms with van der Waals surface area (Å²) in [7, 11) is 0. The van der Waals surface area contributed by atoms with E-state index in [1.807, 2.05) is 48.6 Å². The Labute approximate surface area is 161 Å². The number of hydrogen-bond acceptors (Lipinski definition) is 2. The van der Waals surface area contributed by atoms with Crippen molar-refractivity contribution in [2.45, 2.75) is 0 Å². The lowest BCUT2D eigenvalue weighted by Crippen LogP contribution is -2.27. The second-order valence-electron chi connectivity index (χ2n) is 6.44. The first-order valence-electron chi connectivity index (χ1n) is 8.89. The normalized spacial score (nSPS) is 18.4. The fourth-order valence-corrected chi connectivity index (χ4v) is 3.37. The lowest BCUT2D eigenvalue weighted by Gasteiger charge is -2.25. The maximum atomic E-state index is 13.8. The zero-order chi connectivity index (χ0) is 19.5. The van der Waals surface area contributed by atoms with Gasteiger partial charge in [-0.05, 0) is 35.4 Å². The first-order valence-corrected chi connectivity index (χ1v) is 8.89. The van der Waals surface area contributed by atoms with E-state index in [0.29, 0.717) is 11.3 Å². The molecule has 0 fully saturated rings. The number of amides is 1. The molecule has 2 aromatic rings. The molecule has 4 rings (SSSR count). The lowest BCUT2D eigenvalue weighted by atomic mass is 9.80. The zero-order valence-electron chi connectivity index (χ0n) is 14.9. The van der Waals surface area contributed by atoms with Gasteiger partial charge in [-0.1, -0.05) is 66.8 Å². The van der Waals surface area contributed by atoms with Crippen LogP contribution in [0.25, 0.3) is 11.6 Å². The quantitative estimate of drug-likeness (QED) is 0.585. The molecule has 0 saturated carbocycles. The third-order valence-corrected chi connectivity index (χ3v) is 4.68. The Morgan fingerprint density at radius 2 is 1.75 bits per heavy atom. The van der Waals surface area contributed by atoms with E-state index < -0.39 is 17.5 Å². The van der Waals surface area contributed by atoms with Gasteiger partial charge >= 0.3 is 0 Å². The number of dihydropyridines is 1. The lowest BCUT2D eigenvalue weighted by molar-refractivity contribution is -0.118. The number of halogens is 1. The molecule has 0 radical (unpaired) electrons. The van der Waals surface area contributed by atoms with Crippen LogP contribution in [-0.4, -0.2) is 17.4 Å². The van der Waals surface area contributed by atoms with E-state index in [1.165, 1.54) is 18.2 Å². The van der Waals surface area contributed by atoms with E-state index in [9.17, 15) is 14.0 Å². The van der Waals surface area contributed by atoms with Gasteiger partial charge in [0.2, 0.25) is 0 Å². The van der Waals surface area contributed by atoms with Crippen LogP contribution in [0.2, 0.25) is 0 Å². The van der Waals surface area contributed by atoms with E-state index in [1.54, 1.807) is 24.3 Å². The molecule has 2 aliphatic rings. The highest BCUT2D eigenvalue weighted by Crippen LogP contribution is 2.35. The molecular formula is C24H16FNO2. The van der Waals surface area contributed by atoms with Crippen LogP contribution >= 0.6 is 0 Å². The summed E-state index contributed by atoms with van der Waals surface area (Å²) in [5.74, 6) is -1.77. The zero-order valence-corrected chi connectivity index (χ0v) is 14.9. The summed E-state index contributed by atoms with van der Waals surface area (Å²) >= 11 is 0. The van der Waals surface area contributed by atoms with E-state index in [-0.39, 0.29) is 17.1 Å². The van der Waals surface area contributed by atoms with Crippen molar-refractivity contribution in [3.63, 3.8) is 0 Å². The molecule has 1 heterocycles. The molecule has 1 amide bonds. The van der Waals surface area contributed by atoms with Gasteiger partial charge in [-0.2, -0.15) is 0 Å². The molecule has 0 N–H and O–H groups in total. The second kappa shape index (κ2) is 7.53. The topological polar surface area (TPSA) is 46.5 Å². The van der Waals surface area contributed by atoms with Gasteiger partial charge in [-0.25, -0.2) is 9.38 Å². The number of carbonyl (C=O) groups excluding carboxylic acids is 2. The van der Waals surface area contributed by atoms with Crippen LogP contribution in [0, 0.1) is 11.7 Å². The van der Waals surface area contributed by atoms with Crippen LogP contribution in [0.3, 0.4) is 0 Å². The fraction of sp³-hybridized carbons (Fsp3) is 0.0417. The largest absolute Gasteiger partial charge is 0.289 e. The summed E-state index contributed by atoms with van der Waals surface area (Å²) in [6.07, 6.45) is 10.0. The number of carbonyl (C=O) groups is 2. The predicted molar refractivity (Wildman–Crippen MR) is 108 cm³/mol. The van der Waals surface area contributed by atoms with E-state index >= 15 is 0 Å². The smallest absolute Gasteiger partial charge is 0.281 e. The number of fused-ring (bicyclic) bond motifs is 1. The minimum absolute atomic E-state index is 0.0208. The van der Waals surface area contributed by atoms with Crippen molar-refractivity contribution in [3.8, 4) is 0 Å². The molecule has 1 aliphatic carbocycles. The van der Waals surface area contributed by atoms with Crippen molar-refractivity contribution in [1.29, 1.82) is 0 Å². The number of hydrogen-bond donors (Lipinski definition) is 0. The van der Waals surface area contributed by atoms with Gasteiger partial charge in [-0.3, -0.25) is 9.59 Å². The van der Waals surface area contributed by atoms with Crippen LogP contribution in [0.5, 0.6) is 0 Å². The van der Waals surface area contributed by atoms with Gasteiger partial charge in [0.25, 0.3) is 5.91 Å². The molecule has 0 aromatic heterocycles. The van der Waals surface area contributed by atoms with Gasteiger partial charge < -0.3 is 0 Å². The second-order valence-corrected chi connectivity index (χ2v) is 6.44. The highest BCUT2D eigenvalue weighted by molar-refractivity contribution is 6.34. The van der Waals surface area contributed by atoms with Crippen LogP contribution in [0.4, 0.5) is 4.39 Å². The van der Waals surface area contributed by atoms with Crippen molar-refractivity contribution in [2.75, 3.05) is 0 Å². The van der Waals surface area contributed by atoms with Gasteiger partial charge in [-0.15, -0.1) is 0 Å². The summed E-state index contributed by atoms with van der Waals surface area (Å²) in [5.41, 5.74) is 2.33. The number of allylic oxidation sites excluding steroid dienone is 6. The highest BCUT2D eigenvalue weighted by atomic mass is 19.1. The standard InChI is InChI=1S/C24H16FNO2/c25-19-12-6-4-8-16(19)14-15-21(27)23-22(17-9-2-1-3-10-17)18-11-5-7-13-20(18)26-24(23)28/h1-15,18H/b15-14+. The van der Waals surface area contributed by atoms with Crippen molar-refractivity contribution in [3.05, 3.63) is 107 Å². The molecule has 4 heteroatoms. The van der Waals surface area contributed by atoms with Gasteiger partial charge in [0.05, 0.1) is 11.3 Å². The Balaban J connectivity index is 1.81. The van der Waals surface area contributed by atoms with Crippen LogP contribution in [0.1, 0.15) is 11.1 Å². The summed E-state index contributed by atoms with van der Waals surface area (Å²) in [6.45, 7) is 0. The van der Waals surface area contributed by atoms with Gasteiger partial charge in [0.1, 0.15) is 5.82 Å². The Bertz CT molecular complexity index is 1100. The van der Waals surface area contributed by atoms with E-state index in [2.05, 4.69) is 4.99 Å². The Hall–Kier alpha value is -3.66. The highest BCUT2D eigenvalue weighted by Gasteiger charge is 2.33. The van der Waals surface area contributed by atoms with Crippen LogP contribution in [0.15, 0.2) is 95.5 Å². The Kier molecular flexibility index (Phi) is 4.77. The Morgan fingerprint density at radius 1 is 1.00 bits per heavy atom. The number of benzene rings is 2. The molecule has 1 aliphatic heterocycles. The molecule has 2 aromatic carbocycles. The van der Waals surface area contributed by atoms with Gasteiger partial charge in [0, 0.05) is 11.5 Å². The monoisotopic (exact) mass is 369 g/mol. The number of rotatable bonds is 4. The van der Waals surface area contributed by atoms with Crippen molar-refractivity contribution in [2.24, 2.45) is 10.9 Å². The third kappa shape index (κ3) is 3.32. The first-order chi connectivity index (χ1) is 13.6.